The smallest absolute Gasteiger partial charge is 0.246 e. The Kier molecular flexibility index (Phi) is 4.43. The van der Waals surface area contributed by atoms with Crippen LogP contribution < -0.4 is 4.74 Å². The maximum Gasteiger partial charge on any atom is 0.246 e. The van der Waals surface area contributed by atoms with Crippen LogP contribution in [0.4, 0.5) is 0 Å². The molecule has 2 heterocycles. The van der Waals surface area contributed by atoms with Crippen molar-refractivity contribution in [3.05, 3.63) is 47.7 Å². The molecule has 1 atom stereocenters. The summed E-state index contributed by atoms with van der Waals surface area (Å²) in [5.74, 6) is 0.174. The number of aromatic nitrogens is 1. The lowest BCUT2D eigenvalue weighted by Gasteiger charge is -2.18. The summed E-state index contributed by atoms with van der Waals surface area (Å²) in [6.07, 6.45) is 3.53. The SMILES string of the molecule is O=S(=O)(c1cccc(Cl)c1O)N1CCC(Oc2cccnc2)C1. The molecule has 3 rings (SSSR count). The quantitative estimate of drug-likeness (QED) is 0.911. The molecule has 0 radical (unpaired) electrons. The normalized spacial score (nSPS) is 18.9. The Morgan fingerprint density at radius 1 is 1.30 bits per heavy atom. The van der Waals surface area contributed by atoms with E-state index in [1.165, 1.54) is 22.5 Å². The highest BCUT2D eigenvalue weighted by Gasteiger charge is 2.35. The van der Waals surface area contributed by atoms with Crippen molar-refractivity contribution >= 4 is 21.6 Å². The van der Waals surface area contributed by atoms with E-state index in [0.717, 1.165) is 0 Å². The Labute approximate surface area is 139 Å². The average molecular weight is 355 g/mol. The molecule has 1 aromatic carbocycles. The van der Waals surface area contributed by atoms with Gasteiger partial charge in [-0.05, 0) is 30.7 Å². The number of halogens is 1. The topological polar surface area (TPSA) is 79.7 Å². The molecule has 1 unspecified atom stereocenters. The van der Waals surface area contributed by atoms with Gasteiger partial charge in [0.1, 0.15) is 16.7 Å². The Morgan fingerprint density at radius 3 is 2.87 bits per heavy atom. The summed E-state index contributed by atoms with van der Waals surface area (Å²) in [7, 11) is -3.81. The minimum Gasteiger partial charge on any atom is -0.505 e. The van der Waals surface area contributed by atoms with E-state index >= 15 is 0 Å². The van der Waals surface area contributed by atoms with Crippen LogP contribution in [-0.2, 0) is 10.0 Å². The van der Waals surface area contributed by atoms with Gasteiger partial charge in [0.25, 0.3) is 0 Å². The number of pyridine rings is 1. The fourth-order valence-electron chi connectivity index (χ4n) is 2.46. The maximum atomic E-state index is 12.6. The van der Waals surface area contributed by atoms with Crippen LogP contribution >= 0.6 is 11.6 Å². The summed E-state index contributed by atoms with van der Waals surface area (Å²) in [5.41, 5.74) is 0. The second kappa shape index (κ2) is 6.35. The molecule has 1 aromatic heterocycles. The number of ether oxygens (including phenoxy) is 1. The highest BCUT2D eigenvalue weighted by atomic mass is 35.5. The van der Waals surface area contributed by atoms with Gasteiger partial charge in [-0.3, -0.25) is 4.98 Å². The van der Waals surface area contributed by atoms with Crippen molar-refractivity contribution in [1.82, 2.24) is 9.29 Å². The molecule has 0 bridgehead atoms. The Hall–Kier alpha value is -1.83. The number of phenols is 1. The van der Waals surface area contributed by atoms with E-state index in [4.69, 9.17) is 16.3 Å². The summed E-state index contributed by atoms with van der Waals surface area (Å²) in [6.45, 7) is 0.530. The first-order chi connectivity index (χ1) is 11.0. The molecular weight excluding hydrogens is 340 g/mol. The Morgan fingerprint density at radius 2 is 2.13 bits per heavy atom. The van der Waals surface area contributed by atoms with E-state index in [1.54, 1.807) is 24.5 Å². The van der Waals surface area contributed by atoms with Gasteiger partial charge in [-0.25, -0.2) is 8.42 Å². The molecule has 1 aliphatic rings. The largest absolute Gasteiger partial charge is 0.505 e. The first-order valence-electron chi connectivity index (χ1n) is 7.03. The molecule has 2 aromatic rings. The summed E-state index contributed by atoms with van der Waals surface area (Å²) < 4.78 is 32.3. The third kappa shape index (κ3) is 3.26. The first-order valence-corrected chi connectivity index (χ1v) is 8.84. The molecule has 0 aliphatic carbocycles. The van der Waals surface area contributed by atoms with Crippen LogP contribution in [0.15, 0.2) is 47.6 Å². The standard InChI is InChI=1S/C15H15ClN2O4S/c16-13-4-1-5-14(15(13)19)23(20,21)18-8-6-12(10-18)22-11-3-2-7-17-9-11/h1-5,7,9,12,19H,6,8,10H2. The number of aromatic hydroxyl groups is 1. The molecule has 6 nitrogen and oxygen atoms in total. The summed E-state index contributed by atoms with van der Waals surface area (Å²) in [6, 6.07) is 7.80. The predicted octanol–water partition coefficient (Wildman–Crippen LogP) is 2.28. The number of nitrogens with zero attached hydrogens (tertiary/aromatic N) is 2. The van der Waals surface area contributed by atoms with Crippen molar-refractivity contribution in [2.45, 2.75) is 17.4 Å². The van der Waals surface area contributed by atoms with Gasteiger partial charge >= 0.3 is 0 Å². The fourth-order valence-corrected chi connectivity index (χ4v) is 4.29. The second-order valence-electron chi connectivity index (χ2n) is 5.17. The Balaban J connectivity index is 1.76. The highest BCUT2D eigenvalue weighted by Crippen LogP contribution is 2.33. The minimum atomic E-state index is -3.81. The lowest BCUT2D eigenvalue weighted by atomic mass is 10.3. The molecule has 1 aliphatic heterocycles. The highest BCUT2D eigenvalue weighted by molar-refractivity contribution is 7.89. The number of hydrogen-bond donors (Lipinski definition) is 1. The van der Waals surface area contributed by atoms with Gasteiger partial charge in [0.15, 0.2) is 5.75 Å². The third-order valence-electron chi connectivity index (χ3n) is 3.61. The second-order valence-corrected chi connectivity index (χ2v) is 7.48. The van der Waals surface area contributed by atoms with Crippen molar-refractivity contribution in [2.24, 2.45) is 0 Å². The van der Waals surface area contributed by atoms with Crippen molar-refractivity contribution in [3.63, 3.8) is 0 Å². The maximum absolute atomic E-state index is 12.6. The van der Waals surface area contributed by atoms with Crippen LogP contribution in [0.5, 0.6) is 11.5 Å². The lowest BCUT2D eigenvalue weighted by Crippen LogP contribution is -2.31. The lowest BCUT2D eigenvalue weighted by molar-refractivity contribution is 0.214. The van der Waals surface area contributed by atoms with Crippen LogP contribution in [0.2, 0.25) is 5.02 Å². The van der Waals surface area contributed by atoms with Gasteiger partial charge in [0.05, 0.1) is 17.8 Å². The number of para-hydroxylation sites is 1. The first kappa shape index (κ1) is 16.0. The van der Waals surface area contributed by atoms with Gasteiger partial charge in [0, 0.05) is 12.7 Å². The molecule has 122 valence electrons. The molecule has 0 amide bonds. The zero-order valence-corrected chi connectivity index (χ0v) is 13.7. The fraction of sp³-hybridized carbons (Fsp3) is 0.267. The van der Waals surface area contributed by atoms with Crippen LogP contribution in [-0.4, -0.2) is 42.0 Å². The minimum absolute atomic E-state index is 0.00781. The summed E-state index contributed by atoms with van der Waals surface area (Å²) in [5, 5.41) is 9.93. The average Bonchev–Trinajstić information content (AvgIpc) is 3.00. The summed E-state index contributed by atoms with van der Waals surface area (Å²) in [4.78, 5) is 3.77. The van der Waals surface area contributed by atoms with E-state index in [2.05, 4.69) is 4.98 Å². The van der Waals surface area contributed by atoms with Crippen molar-refractivity contribution < 1.29 is 18.3 Å². The molecule has 0 saturated carbocycles. The molecule has 0 spiro atoms. The molecule has 8 heteroatoms. The zero-order chi connectivity index (χ0) is 16.4. The van der Waals surface area contributed by atoms with Crippen molar-refractivity contribution in [3.8, 4) is 11.5 Å². The predicted molar refractivity (Wildman–Crippen MR) is 85.1 cm³/mol. The molecular formula is C15H15ClN2O4S. The van der Waals surface area contributed by atoms with E-state index in [-0.39, 0.29) is 22.6 Å². The van der Waals surface area contributed by atoms with Gasteiger partial charge in [-0.2, -0.15) is 4.31 Å². The molecule has 1 fully saturated rings. The van der Waals surface area contributed by atoms with E-state index in [0.29, 0.717) is 18.7 Å². The summed E-state index contributed by atoms with van der Waals surface area (Å²) >= 11 is 5.80. The Bertz CT molecular complexity index is 798. The van der Waals surface area contributed by atoms with Crippen LogP contribution in [0.3, 0.4) is 0 Å². The van der Waals surface area contributed by atoms with Gasteiger partial charge in [0.2, 0.25) is 10.0 Å². The van der Waals surface area contributed by atoms with E-state index in [9.17, 15) is 13.5 Å². The molecule has 23 heavy (non-hydrogen) atoms. The zero-order valence-electron chi connectivity index (χ0n) is 12.1. The number of hydrogen-bond acceptors (Lipinski definition) is 5. The van der Waals surface area contributed by atoms with Crippen molar-refractivity contribution in [1.29, 1.82) is 0 Å². The molecule has 1 N–H and O–H groups in total. The number of sulfonamides is 1. The van der Waals surface area contributed by atoms with Crippen LogP contribution in [0.25, 0.3) is 0 Å². The van der Waals surface area contributed by atoms with E-state index in [1.807, 2.05) is 0 Å². The monoisotopic (exact) mass is 354 g/mol. The third-order valence-corrected chi connectivity index (χ3v) is 5.81. The number of rotatable bonds is 4. The van der Waals surface area contributed by atoms with Crippen molar-refractivity contribution in [2.75, 3.05) is 13.1 Å². The van der Waals surface area contributed by atoms with E-state index < -0.39 is 15.8 Å². The number of phenolic OH excluding ortho intramolecular Hbond substituents is 1. The van der Waals surface area contributed by atoms with Gasteiger partial charge < -0.3 is 9.84 Å². The number of benzene rings is 1. The molecule has 1 saturated heterocycles. The van der Waals surface area contributed by atoms with Gasteiger partial charge in [-0.1, -0.05) is 17.7 Å². The van der Waals surface area contributed by atoms with Crippen LogP contribution in [0.1, 0.15) is 6.42 Å². The van der Waals surface area contributed by atoms with Gasteiger partial charge in [-0.15, -0.1) is 0 Å². The van der Waals surface area contributed by atoms with Crippen LogP contribution in [0, 0.1) is 0 Å².